The number of benzene rings is 2. The average molecular weight is 399 g/mol. The maximum atomic E-state index is 14.1. The fourth-order valence-corrected chi connectivity index (χ4v) is 3.04. The Morgan fingerprint density at radius 1 is 1.17 bits per heavy atom. The van der Waals surface area contributed by atoms with Crippen molar-refractivity contribution in [2.75, 3.05) is 11.9 Å². The van der Waals surface area contributed by atoms with Crippen molar-refractivity contribution in [3.8, 4) is 0 Å². The molecule has 1 saturated heterocycles. The lowest BCUT2D eigenvalue weighted by Gasteiger charge is -2.25. The van der Waals surface area contributed by atoms with Gasteiger partial charge in [-0.2, -0.15) is 0 Å². The van der Waals surface area contributed by atoms with Crippen molar-refractivity contribution in [1.29, 1.82) is 0 Å². The summed E-state index contributed by atoms with van der Waals surface area (Å²) in [4.78, 5) is 38.1. The van der Waals surface area contributed by atoms with E-state index in [1.54, 1.807) is 13.0 Å². The van der Waals surface area contributed by atoms with E-state index in [0.29, 0.717) is 0 Å². The summed E-state index contributed by atoms with van der Waals surface area (Å²) in [6.45, 7) is 7.47. The molecule has 1 atom stereocenters. The summed E-state index contributed by atoms with van der Waals surface area (Å²) in [5, 5.41) is 4.93. The number of aryl methyl sites for hydroxylation is 2. The Morgan fingerprint density at radius 3 is 2.45 bits per heavy atom. The molecule has 1 heterocycles. The van der Waals surface area contributed by atoms with E-state index in [1.807, 2.05) is 45.0 Å². The molecule has 0 aromatic heterocycles. The van der Waals surface area contributed by atoms with Gasteiger partial charge in [-0.15, -0.1) is 0 Å². The fraction of sp³-hybridized carbons (Fsp3) is 0.318. The van der Waals surface area contributed by atoms with Crippen LogP contribution in [-0.4, -0.2) is 35.3 Å². The quantitative estimate of drug-likeness (QED) is 0.755. The Balaban J connectivity index is 0.00000145. The van der Waals surface area contributed by atoms with Crippen LogP contribution >= 0.6 is 0 Å². The van der Waals surface area contributed by atoms with E-state index in [2.05, 4.69) is 10.6 Å². The van der Waals surface area contributed by atoms with Crippen molar-refractivity contribution in [3.63, 3.8) is 0 Å². The molecule has 154 valence electrons. The minimum atomic E-state index is -1.08. The number of imide groups is 1. The number of carbonyl (C=O) groups is 3. The average Bonchev–Trinajstić information content (AvgIpc) is 3.03. The lowest BCUT2D eigenvalue weighted by atomic mass is 9.99. The monoisotopic (exact) mass is 399 g/mol. The third-order valence-corrected chi connectivity index (χ3v) is 4.55. The number of rotatable bonds is 5. The number of anilines is 1. The highest BCUT2D eigenvalue weighted by molar-refractivity contribution is 6.07. The second-order valence-electron chi connectivity index (χ2n) is 6.54. The number of hydrogen-bond donors (Lipinski definition) is 2. The van der Waals surface area contributed by atoms with Gasteiger partial charge in [0.05, 0.1) is 12.2 Å². The number of hydrogen-bond acceptors (Lipinski definition) is 3. The highest BCUT2D eigenvalue weighted by Crippen LogP contribution is 2.20. The zero-order valence-electron chi connectivity index (χ0n) is 17.1. The van der Waals surface area contributed by atoms with E-state index in [9.17, 15) is 18.8 Å². The van der Waals surface area contributed by atoms with E-state index in [-0.39, 0.29) is 18.7 Å². The molecule has 1 unspecified atom stereocenters. The van der Waals surface area contributed by atoms with Gasteiger partial charge in [0.25, 0.3) is 5.91 Å². The minimum Gasteiger partial charge on any atom is -0.329 e. The van der Waals surface area contributed by atoms with E-state index in [0.717, 1.165) is 21.6 Å². The van der Waals surface area contributed by atoms with Gasteiger partial charge in [-0.3, -0.25) is 9.59 Å². The third kappa shape index (κ3) is 5.19. The summed E-state index contributed by atoms with van der Waals surface area (Å²) in [6, 6.07) is 10.1. The molecule has 1 fully saturated rings. The molecule has 0 aliphatic carbocycles. The molecule has 4 amide bonds. The first-order chi connectivity index (χ1) is 13.9. The molecule has 0 radical (unpaired) electrons. The predicted molar refractivity (Wildman–Crippen MR) is 110 cm³/mol. The van der Waals surface area contributed by atoms with E-state index in [1.165, 1.54) is 12.1 Å². The molecule has 2 aromatic rings. The Bertz CT molecular complexity index is 898. The van der Waals surface area contributed by atoms with Gasteiger partial charge in [0.1, 0.15) is 11.9 Å². The van der Waals surface area contributed by atoms with Crippen LogP contribution < -0.4 is 10.6 Å². The second kappa shape index (κ2) is 9.82. The first-order valence-corrected chi connectivity index (χ1v) is 9.58. The molecule has 7 heteroatoms. The summed E-state index contributed by atoms with van der Waals surface area (Å²) in [6.07, 6.45) is 0.144. The van der Waals surface area contributed by atoms with Gasteiger partial charge in [0.2, 0.25) is 5.91 Å². The first kappa shape index (κ1) is 22.1. The number of amides is 4. The lowest BCUT2D eigenvalue weighted by molar-refractivity contribution is -0.132. The molecule has 2 N–H and O–H groups in total. The Kier molecular flexibility index (Phi) is 7.47. The molecule has 3 rings (SSSR count). The number of nitrogens with zero attached hydrogens (tertiary/aromatic N) is 1. The number of urea groups is 1. The Hall–Kier alpha value is -3.22. The molecule has 29 heavy (non-hydrogen) atoms. The van der Waals surface area contributed by atoms with Crippen molar-refractivity contribution in [3.05, 3.63) is 65.0 Å². The molecular formula is C22H26FN3O3. The molecule has 1 aliphatic rings. The maximum Gasteiger partial charge on any atom is 0.325 e. The zero-order chi connectivity index (χ0) is 21.6. The minimum absolute atomic E-state index is 0.00689. The molecule has 0 spiro atoms. The van der Waals surface area contributed by atoms with Gasteiger partial charge in [-0.05, 0) is 42.7 Å². The SMILES string of the molecule is CC.Cc1ccc(NC(=O)C(Cc2ccccc2C)N2C(=O)CNC2=O)c(F)c1. The molecule has 1 aliphatic heterocycles. The predicted octanol–water partition coefficient (Wildman–Crippen LogP) is 3.57. The lowest BCUT2D eigenvalue weighted by Crippen LogP contribution is -2.49. The van der Waals surface area contributed by atoms with Crippen molar-refractivity contribution in [2.24, 2.45) is 0 Å². The molecule has 0 saturated carbocycles. The second-order valence-corrected chi connectivity index (χ2v) is 6.54. The van der Waals surface area contributed by atoms with Gasteiger partial charge in [0.15, 0.2) is 0 Å². The van der Waals surface area contributed by atoms with Crippen LogP contribution in [0.25, 0.3) is 0 Å². The number of nitrogens with one attached hydrogen (secondary N) is 2. The summed E-state index contributed by atoms with van der Waals surface area (Å²) >= 11 is 0. The van der Waals surface area contributed by atoms with Crippen molar-refractivity contribution < 1.29 is 18.8 Å². The molecular weight excluding hydrogens is 373 g/mol. The van der Waals surface area contributed by atoms with Crippen LogP contribution in [0.4, 0.5) is 14.9 Å². The van der Waals surface area contributed by atoms with Crippen molar-refractivity contribution in [1.82, 2.24) is 10.2 Å². The molecule has 2 aromatic carbocycles. The van der Waals surface area contributed by atoms with Gasteiger partial charge in [-0.25, -0.2) is 14.1 Å². The summed E-state index contributed by atoms with van der Waals surface area (Å²) in [5.41, 5.74) is 2.49. The highest BCUT2D eigenvalue weighted by atomic mass is 19.1. The van der Waals surface area contributed by atoms with Crippen LogP contribution in [0.3, 0.4) is 0 Å². The standard InChI is InChI=1S/C20H20FN3O3.C2H6/c1-12-7-8-16(15(21)9-12)23-19(26)17(24-18(25)11-22-20(24)27)10-14-6-4-3-5-13(14)2;1-2/h3-9,17H,10-11H2,1-2H3,(H,22,27)(H,23,26);1-2H3. The summed E-state index contributed by atoms with van der Waals surface area (Å²) < 4.78 is 14.1. The molecule has 0 bridgehead atoms. The van der Waals surface area contributed by atoms with Crippen LogP contribution in [0.5, 0.6) is 0 Å². The van der Waals surface area contributed by atoms with E-state index >= 15 is 0 Å². The van der Waals surface area contributed by atoms with Crippen molar-refractivity contribution >= 4 is 23.5 Å². The Labute approximate surface area is 170 Å². The van der Waals surface area contributed by atoms with E-state index < -0.39 is 29.7 Å². The van der Waals surface area contributed by atoms with Gasteiger partial charge >= 0.3 is 6.03 Å². The van der Waals surface area contributed by atoms with E-state index in [4.69, 9.17) is 0 Å². The van der Waals surface area contributed by atoms with Crippen LogP contribution in [0.1, 0.15) is 30.5 Å². The third-order valence-electron chi connectivity index (χ3n) is 4.55. The van der Waals surface area contributed by atoms with Gasteiger partial charge < -0.3 is 10.6 Å². The largest absolute Gasteiger partial charge is 0.329 e. The van der Waals surface area contributed by atoms with Crippen LogP contribution in [-0.2, 0) is 16.0 Å². The smallest absolute Gasteiger partial charge is 0.325 e. The summed E-state index contributed by atoms with van der Waals surface area (Å²) in [5.74, 6) is -1.68. The normalized spacial score (nSPS) is 14.0. The van der Waals surface area contributed by atoms with Gasteiger partial charge in [-0.1, -0.05) is 44.2 Å². The topological polar surface area (TPSA) is 78.5 Å². The number of halogens is 1. The fourth-order valence-electron chi connectivity index (χ4n) is 3.04. The van der Waals surface area contributed by atoms with Crippen molar-refractivity contribution in [2.45, 2.75) is 40.2 Å². The summed E-state index contributed by atoms with van der Waals surface area (Å²) in [7, 11) is 0. The highest BCUT2D eigenvalue weighted by Gasteiger charge is 2.39. The van der Waals surface area contributed by atoms with Crippen LogP contribution in [0, 0.1) is 19.7 Å². The van der Waals surface area contributed by atoms with Crippen LogP contribution in [0.2, 0.25) is 0 Å². The first-order valence-electron chi connectivity index (χ1n) is 9.58. The van der Waals surface area contributed by atoms with Crippen LogP contribution in [0.15, 0.2) is 42.5 Å². The maximum absolute atomic E-state index is 14.1. The zero-order valence-corrected chi connectivity index (χ0v) is 17.1. The molecule has 6 nitrogen and oxygen atoms in total. The van der Waals surface area contributed by atoms with Gasteiger partial charge in [0, 0.05) is 6.42 Å². The number of carbonyl (C=O) groups excluding carboxylic acids is 3. The Morgan fingerprint density at radius 2 is 1.86 bits per heavy atom.